The van der Waals surface area contributed by atoms with Gasteiger partial charge in [-0.05, 0) is 61.6 Å². The molecule has 0 saturated heterocycles. The lowest BCUT2D eigenvalue weighted by Gasteiger charge is -2.28. The van der Waals surface area contributed by atoms with Crippen LogP contribution in [0.25, 0.3) is 11.1 Å². The summed E-state index contributed by atoms with van der Waals surface area (Å²) >= 11 is 0. The number of aryl methyl sites for hydroxylation is 1. The topological polar surface area (TPSA) is 61.2 Å². The molecule has 2 bridgehead atoms. The van der Waals surface area contributed by atoms with Crippen molar-refractivity contribution >= 4 is 11.1 Å². The Morgan fingerprint density at radius 1 is 1.38 bits per heavy atom. The summed E-state index contributed by atoms with van der Waals surface area (Å²) in [6.45, 7) is 2.58. The number of aromatic nitrogens is 1. The number of oxazole rings is 1. The number of nitrogens with zero attached hydrogens (tertiary/aromatic N) is 1. The van der Waals surface area contributed by atoms with Gasteiger partial charge in [-0.2, -0.15) is 0 Å². The normalized spacial score (nSPS) is 29.3. The Balaban J connectivity index is 1.69. The van der Waals surface area contributed by atoms with Gasteiger partial charge in [0.1, 0.15) is 0 Å². The highest BCUT2D eigenvalue weighted by Crippen LogP contribution is 2.52. The van der Waals surface area contributed by atoms with Crippen molar-refractivity contribution in [2.75, 3.05) is 0 Å². The van der Waals surface area contributed by atoms with Gasteiger partial charge in [0.2, 0.25) is 0 Å². The average Bonchev–Trinajstić information content (AvgIpc) is 3.18. The van der Waals surface area contributed by atoms with Gasteiger partial charge in [-0.3, -0.25) is 4.57 Å². The Bertz CT molecular complexity index is 730. The van der Waals surface area contributed by atoms with Gasteiger partial charge < -0.3 is 10.2 Å². The quantitative estimate of drug-likeness (QED) is 0.943. The fourth-order valence-corrected chi connectivity index (χ4v) is 4.57. The average molecular weight is 286 g/mol. The molecule has 0 aliphatic heterocycles. The molecule has 2 aliphatic carbocycles. The molecule has 2 N–H and O–H groups in total. The molecule has 4 unspecified atom stereocenters. The third-order valence-corrected chi connectivity index (χ3v) is 5.65. The summed E-state index contributed by atoms with van der Waals surface area (Å²) in [5.74, 6) is 2.01. The van der Waals surface area contributed by atoms with E-state index in [-0.39, 0.29) is 11.8 Å². The molecule has 0 amide bonds. The molecule has 2 saturated carbocycles. The van der Waals surface area contributed by atoms with Crippen LogP contribution in [0.1, 0.15) is 44.2 Å². The van der Waals surface area contributed by atoms with Crippen LogP contribution in [-0.2, 0) is 6.54 Å². The van der Waals surface area contributed by atoms with Crippen molar-refractivity contribution in [2.45, 2.75) is 45.2 Å². The molecule has 1 heterocycles. The van der Waals surface area contributed by atoms with Crippen LogP contribution in [0.15, 0.2) is 27.4 Å². The van der Waals surface area contributed by atoms with Crippen LogP contribution in [-0.4, -0.2) is 4.57 Å². The van der Waals surface area contributed by atoms with Gasteiger partial charge in [0.15, 0.2) is 5.58 Å². The molecule has 4 rings (SSSR count). The van der Waals surface area contributed by atoms with Crippen LogP contribution < -0.4 is 11.5 Å². The molecule has 0 radical (unpaired) electrons. The van der Waals surface area contributed by atoms with Crippen molar-refractivity contribution < 1.29 is 4.42 Å². The second-order valence-electron chi connectivity index (χ2n) is 6.70. The minimum atomic E-state index is -0.279. The van der Waals surface area contributed by atoms with E-state index < -0.39 is 0 Å². The lowest BCUT2D eigenvalue weighted by Crippen LogP contribution is -2.25. The van der Waals surface area contributed by atoms with Crippen molar-refractivity contribution in [3.05, 3.63) is 34.3 Å². The highest BCUT2D eigenvalue weighted by atomic mass is 16.4. The van der Waals surface area contributed by atoms with Crippen molar-refractivity contribution in [1.82, 2.24) is 4.57 Å². The first-order valence-electron chi connectivity index (χ1n) is 8.06. The van der Waals surface area contributed by atoms with E-state index in [0.717, 1.165) is 22.9 Å². The second-order valence-corrected chi connectivity index (χ2v) is 6.70. The van der Waals surface area contributed by atoms with Gasteiger partial charge >= 0.3 is 5.76 Å². The van der Waals surface area contributed by atoms with Gasteiger partial charge in [0.25, 0.3) is 0 Å². The lowest BCUT2D eigenvalue weighted by atomic mass is 9.81. The molecule has 4 heteroatoms. The Morgan fingerprint density at radius 3 is 2.90 bits per heavy atom. The molecular weight excluding hydrogens is 264 g/mol. The van der Waals surface area contributed by atoms with Crippen molar-refractivity contribution in [3.63, 3.8) is 0 Å². The van der Waals surface area contributed by atoms with Crippen LogP contribution in [0.2, 0.25) is 0 Å². The summed E-state index contributed by atoms with van der Waals surface area (Å²) in [6, 6.07) is 6.09. The smallest absolute Gasteiger partial charge is 0.408 e. The molecule has 2 aliphatic rings. The monoisotopic (exact) mass is 286 g/mol. The van der Waals surface area contributed by atoms with E-state index in [9.17, 15) is 4.79 Å². The number of hydrogen-bond donors (Lipinski definition) is 1. The molecule has 4 nitrogen and oxygen atoms in total. The Kier molecular flexibility index (Phi) is 2.96. The van der Waals surface area contributed by atoms with Gasteiger partial charge in [-0.25, -0.2) is 4.79 Å². The summed E-state index contributed by atoms with van der Waals surface area (Å²) in [5.41, 5.74) is 9.17. The first-order valence-corrected chi connectivity index (χ1v) is 8.06. The molecule has 2 fully saturated rings. The number of nitrogens with two attached hydrogens (primary N) is 1. The fourth-order valence-electron chi connectivity index (χ4n) is 4.57. The highest BCUT2D eigenvalue weighted by molar-refractivity contribution is 5.74. The second kappa shape index (κ2) is 4.73. The minimum Gasteiger partial charge on any atom is -0.408 e. The van der Waals surface area contributed by atoms with Gasteiger partial charge in [0.05, 0.1) is 5.52 Å². The maximum Gasteiger partial charge on any atom is 0.419 e. The first kappa shape index (κ1) is 13.1. The van der Waals surface area contributed by atoms with E-state index in [0.29, 0.717) is 18.0 Å². The van der Waals surface area contributed by atoms with E-state index in [1.165, 1.54) is 25.7 Å². The molecule has 1 aromatic carbocycles. The third kappa shape index (κ3) is 1.96. The largest absolute Gasteiger partial charge is 0.419 e. The van der Waals surface area contributed by atoms with E-state index in [1.54, 1.807) is 4.57 Å². The number of benzene rings is 1. The van der Waals surface area contributed by atoms with Gasteiger partial charge in [-0.15, -0.1) is 0 Å². The fraction of sp³-hybridized carbons (Fsp3) is 0.588. The summed E-state index contributed by atoms with van der Waals surface area (Å²) in [5, 5.41) is 0. The SMILES string of the molecule is CCn1c(=O)oc2cc(C(N)C3CC4CCC3C4)ccc21. The molecular formula is C17H22N2O2. The predicted octanol–water partition coefficient (Wildman–Crippen LogP) is 3.05. The summed E-state index contributed by atoms with van der Waals surface area (Å²) < 4.78 is 7.01. The third-order valence-electron chi connectivity index (χ3n) is 5.65. The van der Waals surface area contributed by atoms with Gasteiger partial charge in [-0.1, -0.05) is 12.5 Å². The first-order chi connectivity index (χ1) is 10.2. The van der Waals surface area contributed by atoms with E-state index in [1.807, 2.05) is 19.1 Å². The summed E-state index contributed by atoms with van der Waals surface area (Å²) in [4.78, 5) is 11.8. The Labute approximate surface area is 123 Å². The van der Waals surface area contributed by atoms with Crippen LogP contribution in [0.5, 0.6) is 0 Å². The standard InChI is InChI=1S/C17H22N2O2/c1-2-19-14-6-5-12(9-15(14)21-17(19)20)16(18)13-8-10-3-4-11(13)7-10/h5-6,9-11,13,16H,2-4,7-8,18H2,1H3. The Morgan fingerprint density at radius 2 is 2.24 bits per heavy atom. The molecule has 2 aromatic rings. The number of hydrogen-bond acceptors (Lipinski definition) is 3. The van der Waals surface area contributed by atoms with Gasteiger partial charge in [0, 0.05) is 12.6 Å². The Hall–Kier alpha value is -1.55. The predicted molar refractivity (Wildman–Crippen MR) is 82.0 cm³/mol. The maximum absolute atomic E-state index is 11.8. The summed E-state index contributed by atoms with van der Waals surface area (Å²) in [7, 11) is 0. The highest BCUT2D eigenvalue weighted by Gasteiger charge is 2.42. The van der Waals surface area contributed by atoms with Crippen LogP contribution in [0.3, 0.4) is 0 Å². The van der Waals surface area contributed by atoms with E-state index in [4.69, 9.17) is 10.2 Å². The summed E-state index contributed by atoms with van der Waals surface area (Å²) in [6.07, 6.45) is 5.36. The zero-order chi connectivity index (χ0) is 14.6. The zero-order valence-electron chi connectivity index (χ0n) is 12.4. The number of fused-ring (bicyclic) bond motifs is 3. The molecule has 4 atom stereocenters. The van der Waals surface area contributed by atoms with Crippen LogP contribution >= 0.6 is 0 Å². The van der Waals surface area contributed by atoms with Crippen molar-refractivity contribution in [3.8, 4) is 0 Å². The van der Waals surface area contributed by atoms with Crippen LogP contribution in [0, 0.1) is 17.8 Å². The molecule has 112 valence electrons. The zero-order valence-corrected chi connectivity index (χ0v) is 12.4. The molecule has 1 aromatic heterocycles. The van der Waals surface area contributed by atoms with E-state index >= 15 is 0 Å². The lowest BCUT2D eigenvalue weighted by molar-refractivity contribution is 0.284. The maximum atomic E-state index is 11.8. The van der Waals surface area contributed by atoms with Crippen molar-refractivity contribution in [1.29, 1.82) is 0 Å². The molecule has 21 heavy (non-hydrogen) atoms. The van der Waals surface area contributed by atoms with Crippen LogP contribution in [0.4, 0.5) is 0 Å². The van der Waals surface area contributed by atoms with E-state index in [2.05, 4.69) is 6.07 Å². The number of rotatable bonds is 3. The van der Waals surface area contributed by atoms with Crippen molar-refractivity contribution in [2.24, 2.45) is 23.5 Å². The minimum absolute atomic E-state index is 0.0694. The molecule has 0 spiro atoms.